The van der Waals surface area contributed by atoms with E-state index in [1.807, 2.05) is 36.4 Å². The highest BCUT2D eigenvalue weighted by molar-refractivity contribution is 5.94. The van der Waals surface area contributed by atoms with Crippen molar-refractivity contribution in [2.24, 2.45) is 0 Å². The quantitative estimate of drug-likeness (QED) is 0.711. The van der Waals surface area contributed by atoms with Crippen molar-refractivity contribution in [2.45, 2.75) is 26.5 Å². The molecule has 26 heavy (non-hydrogen) atoms. The van der Waals surface area contributed by atoms with Gasteiger partial charge in [0.25, 0.3) is 0 Å². The molecule has 0 radical (unpaired) electrons. The smallest absolute Gasteiger partial charge is 0.161 e. The summed E-state index contributed by atoms with van der Waals surface area (Å²) in [5.41, 5.74) is 1.70. The number of methoxy groups -OCH3 is 1. The Bertz CT molecular complexity index is 774. The van der Waals surface area contributed by atoms with Gasteiger partial charge in [-0.1, -0.05) is 19.1 Å². The molecule has 1 atom stereocenters. The second-order valence-corrected chi connectivity index (χ2v) is 6.41. The number of carbonyl (C=O) groups excluding carboxylic acids is 1. The summed E-state index contributed by atoms with van der Waals surface area (Å²) in [6.45, 7) is 6.49. The summed E-state index contributed by atoms with van der Waals surface area (Å²) in [5.74, 6) is 2.43. The number of hydrogen-bond acceptors (Lipinski definition) is 5. The van der Waals surface area contributed by atoms with E-state index in [-0.39, 0.29) is 11.9 Å². The maximum atomic E-state index is 11.7. The summed E-state index contributed by atoms with van der Waals surface area (Å²) in [6, 6.07) is 13.3. The molecule has 0 unspecified atom stereocenters. The lowest BCUT2D eigenvalue weighted by molar-refractivity contribution is 0.0578. The van der Waals surface area contributed by atoms with Gasteiger partial charge in [0.05, 0.1) is 7.11 Å². The minimum atomic E-state index is -0.0353. The Labute approximate surface area is 154 Å². The average Bonchev–Trinajstić information content (AvgIpc) is 2.67. The Hall–Kier alpha value is -2.53. The second kappa shape index (κ2) is 8.23. The third kappa shape index (κ3) is 4.17. The minimum absolute atomic E-state index is 0.0353. The fourth-order valence-electron chi connectivity index (χ4n) is 3.11. The zero-order valence-electron chi connectivity index (χ0n) is 15.5. The first-order valence-electron chi connectivity index (χ1n) is 8.89. The molecule has 2 aromatic carbocycles. The first kappa shape index (κ1) is 18.3. The molecule has 1 heterocycles. The van der Waals surface area contributed by atoms with Crippen molar-refractivity contribution in [3.8, 4) is 17.2 Å². The molecule has 0 bridgehead atoms. The summed E-state index contributed by atoms with van der Waals surface area (Å²) < 4.78 is 17.3. The number of benzene rings is 2. The Balaban J connectivity index is 1.70. The van der Waals surface area contributed by atoms with E-state index in [1.54, 1.807) is 20.1 Å². The maximum absolute atomic E-state index is 11.7. The lowest BCUT2D eigenvalue weighted by Crippen LogP contribution is -2.40. The van der Waals surface area contributed by atoms with Gasteiger partial charge in [-0.2, -0.15) is 0 Å². The van der Waals surface area contributed by atoms with Crippen molar-refractivity contribution >= 4 is 5.78 Å². The molecule has 5 nitrogen and oxygen atoms in total. The molecule has 0 aliphatic carbocycles. The number of para-hydroxylation sites is 2. The zero-order valence-corrected chi connectivity index (χ0v) is 15.5. The largest absolute Gasteiger partial charge is 0.496 e. The summed E-state index contributed by atoms with van der Waals surface area (Å²) >= 11 is 0. The number of ether oxygens (including phenoxy) is 3. The summed E-state index contributed by atoms with van der Waals surface area (Å²) in [4.78, 5) is 14.0. The van der Waals surface area contributed by atoms with Crippen LogP contribution < -0.4 is 14.2 Å². The molecule has 5 heteroatoms. The molecular weight excluding hydrogens is 330 g/mol. The normalized spacial score (nSPS) is 15.8. The van der Waals surface area contributed by atoms with Crippen LogP contribution in [0.4, 0.5) is 0 Å². The highest BCUT2D eigenvalue weighted by Gasteiger charge is 2.23. The van der Waals surface area contributed by atoms with E-state index in [2.05, 4.69) is 11.8 Å². The molecule has 2 aromatic rings. The fourth-order valence-corrected chi connectivity index (χ4v) is 3.11. The van der Waals surface area contributed by atoms with E-state index in [0.29, 0.717) is 18.7 Å². The summed E-state index contributed by atoms with van der Waals surface area (Å²) in [6.07, 6.45) is -0.0353. The molecule has 1 aliphatic heterocycles. The van der Waals surface area contributed by atoms with Gasteiger partial charge in [-0.05, 0) is 43.8 Å². The van der Waals surface area contributed by atoms with Crippen LogP contribution in [-0.4, -0.2) is 43.6 Å². The molecule has 138 valence electrons. The fraction of sp³-hybridized carbons (Fsp3) is 0.381. The van der Waals surface area contributed by atoms with Crippen LogP contribution in [0.25, 0.3) is 0 Å². The van der Waals surface area contributed by atoms with Crippen LogP contribution >= 0.6 is 0 Å². The van der Waals surface area contributed by atoms with E-state index in [1.165, 1.54) is 0 Å². The van der Waals surface area contributed by atoms with Crippen LogP contribution in [0.2, 0.25) is 0 Å². The summed E-state index contributed by atoms with van der Waals surface area (Å²) in [5, 5.41) is 0. The van der Waals surface area contributed by atoms with Gasteiger partial charge < -0.3 is 14.2 Å². The van der Waals surface area contributed by atoms with Gasteiger partial charge in [-0.25, -0.2) is 0 Å². The molecule has 0 N–H and O–H groups in total. The SMILES string of the molecule is CCN(Cc1cc(C(C)=O)ccc1OC)C[C@H]1COc2ccccc2O1. The molecular formula is C21H25NO4. The molecule has 0 fully saturated rings. The van der Waals surface area contributed by atoms with Crippen molar-refractivity contribution in [3.05, 3.63) is 53.6 Å². The Morgan fingerprint density at radius 1 is 1.23 bits per heavy atom. The van der Waals surface area contributed by atoms with E-state index in [4.69, 9.17) is 14.2 Å². The number of fused-ring (bicyclic) bond motifs is 1. The van der Waals surface area contributed by atoms with Crippen molar-refractivity contribution in [1.29, 1.82) is 0 Å². The van der Waals surface area contributed by atoms with Crippen molar-refractivity contribution in [3.63, 3.8) is 0 Å². The number of ketones is 1. The van der Waals surface area contributed by atoms with Crippen LogP contribution in [0.3, 0.4) is 0 Å². The van der Waals surface area contributed by atoms with Gasteiger partial charge in [-0.15, -0.1) is 0 Å². The molecule has 0 aromatic heterocycles. The average molecular weight is 355 g/mol. The molecule has 0 saturated carbocycles. The first-order valence-corrected chi connectivity index (χ1v) is 8.89. The van der Waals surface area contributed by atoms with Gasteiger partial charge in [0.1, 0.15) is 18.5 Å². The Morgan fingerprint density at radius 2 is 2.00 bits per heavy atom. The Kier molecular flexibility index (Phi) is 5.78. The van der Waals surface area contributed by atoms with E-state index >= 15 is 0 Å². The van der Waals surface area contributed by atoms with Gasteiger partial charge in [0.2, 0.25) is 0 Å². The third-order valence-corrected chi connectivity index (χ3v) is 4.56. The molecule has 0 amide bonds. The predicted octanol–water partition coefficient (Wildman–Crippen LogP) is 3.56. The highest BCUT2D eigenvalue weighted by Crippen LogP contribution is 2.31. The third-order valence-electron chi connectivity index (χ3n) is 4.56. The zero-order chi connectivity index (χ0) is 18.5. The molecule has 0 saturated heterocycles. The number of rotatable bonds is 7. The monoisotopic (exact) mass is 355 g/mol. The van der Waals surface area contributed by atoms with Gasteiger partial charge >= 0.3 is 0 Å². The van der Waals surface area contributed by atoms with Crippen molar-refractivity contribution in [1.82, 2.24) is 4.90 Å². The van der Waals surface area contributed by atoms with Crippen LogP contribution in [0.15, 0.2) is 42.5 Å². The number of carbonyl (C=O) groups is 1. The number of likely N-dealkylation sites (N-methyl/N-ethyl adjacent to an activating group) is 1. The van der Waals surface area contributed by atoms with Crippen LogP contribution in [0.1, 0.15) is 29.8 Å². The molecule has 0 spiro atoms. The standard InChI is InChI=1S/C21H25NO4/c1-4-22(12-17-11-16(15(2)23)9-10-19(17)24-3)13-18-14-25-20-7-5-6-8-21(20)26-18/h5-11,18H,4,12-14H2,1-3H3/t18-/m0/s1. The van der Waals surface area contributed by atoms with E-state index < -0.39 is 0 Å². The van der Waals surface area contributed by atoms with Crippen molar-refractivity contribution < 1.29 is 19.0 Å². The Morgan fingerprint density at radius 3 is 2.69 bits per heavy atom. The number of Topliss-reactive ketones (excluding diaryl/α,β-unsaturated/α-hetero) is 1. The van der Waals surface area contributed by atoms with E-state index in [9.17, 15) is 4.79 Å². The highest BCUT2D eigenvalue weighted by atomic mass is 16.6. The minimum Gasteiger partial charge on any atom is -0.496 e. The lowest BCUT2D eigenvalue weighted by Gasteiger charge is -2.31. The van der Waals surface area contributed by atoms with Crippen molar-refractivity contribution in [2.75, 3.05) is 26.8 Å². The first-order chi connectivity index (χ1) is 12.6. The number of hydrogen-bond donors (Lipinski definition) is 0. The van der Waals surface area contributed by atoms with Crippen LogP contribution in [0, 0.1) is 0 Å². The number of nitrogens with zero attached hydrogens (tertiary/aromatic N) is 1. The van der Waals surface area contributed by atoms with E-state index in [0.717, 1.165) is 35.9 Å². The molecule has 1 aliphatic rings. The van der Waals surface area contributed by atoms with Crippen LogP contribution in [0.5, 0.6) is 17.2 Å². The molecule has 3 rings (SSSR count). The van der Waals surface area contributed by atoms with Crippen LogP contribution in [-0.2, 0) is 6.54 Å². The topological polar surface area (TPSA) is 48.0 Å². The lowest BCUT2D eigenvalue weighted by atomic mass is 10.1. The van der Waals surface area contributed by atoms with Gasteiger partial charge in [0.15, 0.2) is 17.3 Å². The summed E-state index contributed by atoms with van der Waals surface area (Å²) in [7, 11) is 1.65. The predicted molar refractivity (Wildman–Crippen MR) is 100 cm³/mol. The maximum Gasteiger partial charge on any atom is 0.161 e. The van der Waals surface area contributed by atoms with Gasteiger partial charge in [0, 0.05) is 24.2 Å². The second-order valence-electron chi connectivity index (χ2n) is 6.41. The van der Waals surface area contributed by atoms with Gasteiger partial charge in [-0.3, -0.25) is 9.69 Å².